The van der Waals surface area contributed by atoms with Gasteiger partial charge in [-0.25, -0.2) is 9.59 Å². The molecule has 0 aliphatic carbocycles. The average Bonchev–Trinajstić information content (AvgIpc) is 2.88. The first kappa shape index (κ1) is 22.4. The predicted octanol–water partition coefficient (Wildman–Crippen LogP) is 2.61. The number of imide groups is 1. The van der Waals surface area contributed by atoms with Crippen molar-refractivity contribution >= 4 is 23.7 Å². The molecule has 3 heterocycles. The van der Waals surface area contributed by atoms with Gasteiger partial charge in [-0.15, -0.1) is 0 Å². The van der Waals surface area contributed by atoms with Crippen LogP contribution in [-0.2, 0) is 4.79 Å². The minimum absolute atomic E-state index is 0.0946. The molecule has 4 rings (SSSR count). The van der Waals surface area contributed by atoms with Crippen molar-refractivity contribution in [3.63, 3.8) is 0 Å². The molecule has 1 aromatic carbocycles. The first-order valence-corrected chi connectivity index (χ1v) is 11.1. The Hall–Kier alpha value is -2.81. The zero-order valence-electron chi connectivity index (χ0n) is 19.1. The molecule has 9 heteroatoms. The molecule has 3 fully saturated rings. The first-order chi connectivity index (χ1) is 15.1. The third kappa shape index (κ3) is 3.58. The van der Waals surface area contributed by atoms with Crippen LogP contribution in [0.5, 0.6) is 5.75 Å². The summed E-state index contributed by atoms with van der Waals surface area (Å²) in [7, 11) is 1.54. The third-order valence-electron chi connectivity index (χ3n) is 6.95. The molecule has 1 aromatic rings. The van der Waals surface area contributed by atoms with Crippen molar-refractivity contribution in [2.24, 2.45) is 11.3 Å². The summed E-state index contributed by atoms with van der Waals surface area (Å²) >= 11 is 0. The van der Waals surface area contributed by atoms with Gasteiger partial charge in [-0.05, 0) is 55.6 Å². The van der Waals surface area contributed by atoms with E-state index in [2.05, 4.69) is 5.32 Å². The van der Waals surface area contributed by atoms with Crippen LogP contribution in [-0.4, -0.2) is 77.8 Å². The number of hydrogen-bond acceptors (Lipinski definition) is 5. The van der Waals surface area contributed by atoms with E-state index in [9.17, 15) is 19.5 Å². The van der Waals surface area contributed by atoms with E-state index in [-0.39, 0.29) is 29.3 Å². The number of piperidine rings is 1. The highest BCUT2D eigenvalue weighted by Crippen LogP contribution is 2.40. The van der Waals surface area contributed by atoms with Crippen molar-refractivity contribution in [1.82, 2.24) is 15.1 Å². The monoisotopic (exact) mass is 444 g/mol. The van der Waals surface area contributed by atoms with E-state index >= 15 is 0 Å². The number of ether oxygens (including phenoxy) is 1. The molecule has 0 saturated carbocycles. The largest absolute Gasteiger partial charge is 0.493 e. The van der Waals surface area contributed by atoms with Gasteiger partial charge in [-0.1, -0.05) is 20.8 Å². The van der Waals surface area contributed by atoms with E-state index in [0.717, 1.165) is 0 Å². The summed E-state index contributed by atoms with van der Waals surface area (Å²) in [6.07, 6.45) is 0.263. The molecule has 174 valence electrons. The van der Waals surface area contributed by atoms with Crippen LogP contribution in [0.2, 0.25) is 0 Å². The Morgan fingerprint density at radius 1 is 1.19 bits per heavy atom. The van der Waals surface area contributed by atoms with Crippen LogP contribution < -0.4 is 15.0 Å². The van der Waals surface area contributed by atoms with E-state index in [1.54, 1.807) is 17.0 Å². The number of nitrogens with zero attached hydrogens (tertiary/aromatic N) is 3. The Morgan fingerprint density at radius 3 is 2.38 bits per heavy atom. The highest BCUT2D eigenvalue weighted by atomic mass is 16.5. The fraction of sp³-hybridized carbons (Fsp3) is 0.609. The number of likely N-dealkylation sites (tertiary alicyclic amines) is 1. The molecule has 3 aliphatic heterocycles. The van der Waals surface area contributed by atoms with Gasteiger partial charge in [0, 0.05) is 31.2 Å². The van der Waals surface area contributed by atoms with Crippen LogP contribution in [0, 0.1) is 11.3 Å². The number of likely N-dealkylation sites (N-methyl/N-ethyl adjacent to an activating group) is 1. The summed E-state index contributed by atoms with van der Waals surface area (Å²) in [5, 5.41) is 12.7. The van der Waals surface area contributed by atoms with Gasteiger partial charge in [0.1, 0.15) is 11.3 Å². The van der Waals surface area contributed by atoms with Crippen LogP contribution in [0.15, 0.2) is 24.3 Å². The zero-order chi connectivity index (χ0) is 23.3. The van der Waals surface area contributed by atoms with Gasteiger partial charge in [0.15, 0.2) is 0 Å². The van der Waals surface area contributed by atoms with Gasteiger partial charge >= 0.3 is 12.1 Å². The number of urea groups is 1. The summed E-state index contributed by atoms with van der Waals surface area (Å²) in [6.45, 7) is 8.37. The van der Waals surface area contributed by atoms with E-state index in [1.165, 1.54) is 16.8 Å². The lowest BCUT2D eigenvalue weighted by atomic mass is 9.72. The van der Waals surface area contributed by atoms with Gasteiger partial charge in [0.2, 0.25) is 0 Å². The van der Waals surface area contributed by atoms with Gasteiger partial charge < -0.3 is 20.1 Å². The zero-order valence-corrected chi connectivity index (χ0v) is 19.1. The molecule has 1 spiro atoms. The van der Waals surface area contributed by atoms with Crippen molar-refractivity contribution in [1.29, 1.82) is 0 Å². The highest BCUT2D eigenvalue weighted by Gasteiger charge is 2.56. The number of benzene rings is 1. The maximum atomic E-state index is 12.9. The molecule has 3 aliphatic rings. The topological polar surface area (TPSA) is 102 Å². The second kappa shape index (κ2) is 7.95. The molecule has 32 heavy (non-hydrogen) atoms. The smallest absolute Gasteiger partial charge is 0.407 e. The predicted molar refractivity (Wildman–Crippen MR) is 119 cm³/mol. The fourth-order valence-corrected chi connectivity index (χ4v) is 5.46. The number of carboxylic acid groups (broad SMARTS) is 1. The lowest BCUT2D eigenvalue weighted by Gasteiger charge is -2.52. The van der Waals surface area contributed by atoms with Crippen LogP contribution in [0.3, 0.4) is 0 Å². The molecule has 2 unspecified atom stereocenters. The van der Waals surface area contributed by atoms with Gasteiger partial charge in [0.25, 0.3) is 5.91 Å². The standard InChI is InChI=1S/C23H32N4O5/c1-22(2,3)18-15(13-26(18)21(30)31)14-32-17-7-5-16(6-8-17)27-20(29)25(4)19(28)23(27)9-11-24-12-10-23/h5-8,15,18,24H,9-14H2,1-4H3,(H,30,31). The molecule has 9 nitrogen and oxygen atoms in total. The highest BCUT2D eigenvalue weighted by molar-refractivity contribution is 6.16. The summed E-state index contributed by atoms with van der Waals surface area (Å²) in [5.74, 6) is 0.626. The molecule has 0 radical (unpaired) electrons. The van der Waals surface area contributed by atoms with E-state index in [1.807, 2.05) is 32.9 Å². The Morgan fingerprint density at radius 2 is 1.81 bits per heavy atom. The van der Waals surface area contributed by atoms with Gasteiger partial charge in [-0.3, -0.25) is 14.6 Å². The Bertz CT molecular complexity index is 904. The maximum Gasteiger partial charge on any atom is 0.407 e. The second-order valence-corrected chi connectivity index (χ2v) is 10.1. The number of rotatable bonds is 4. The average molecular weight is 445 g/mol. The lowest BCUT2D eigenvalue weighted by Crippen LogP contribution is -2.64. The molecule has 0 bridgehead atoms. The molecule has 4 amide bonds. The van der Waals surface area contributed by atoms with Crippen LogP contribution >= 0.6 is 0 Å². The molecular weight excluding hydrogens is 412 g/mol. The summed E-state index contributed by atoms with van der Waals surface area (Å²) in [6, 6.07) is 6.84. The van der Waals surface area contributed by atoms with Crippen molar-refractivity contribution in [2.45, 2.75) is 45.2 Å². The molecule has 3 saturated heterocycles. The summed E-state index contributed by atoms with van der Waals surface area (Å²) < 4.78 is 5.98. The number of nitrogens with one attached hydrogen (secondary N) is 1. The number of hydrogen-bond donors (Lipinski definition) is 2. The molecule has 2 atom stereocenters. The normalized spacial score (nSPS) is 25.3. The SMILES string of the molecule is CN1C(=O)N(c2ccc(OCC3CN(C(=O)O)C3C(C)(C)C)cc2)C2(CCNCC2)C1=O. The second-order valence-electron chi connectivity index (χ2n) is 10.1. The Kier molecular flexibility index (Phi) is 5.56. The number of carbonyl (C=O) groups is 3. The van der Waals surface area contributed by atoms with Gasteiger partial charge in [-0.2, -0.15) is 0 Å². The minimum Gasteiger partial charge on any atom is -0.493 e. The fourth-order valence-electron chi connectivity index (χ4n) is 5.46. The van der Waals surface area contributed by atoms with E-state index in [4.69, 9.17) is 4.74 Å². The summed E-state index contributed by atoms with van der Waals surface area (Å²) in [4.78, 5) is 41.6. The lowest BCUT2D eigenvalue weighted by molar-refractivity contribution is -0.130. The summed E-state index contributed by atoms with van der Waals surface area (Å²) in [5.41, 5.74) is -0.326. The van der Waals surface area contributed by atoms with Crippen LogP contribution in [0.25, 0.3) is 0 Å². The minimum atomic E-state index is -0.896. The van der Waals surface area contributed by atoms with Crippen molar-refractivity contribution in [3.05, 3.63) is 24.3 Å². The molecule has 2 N–H and O–H groups in total. The van der Waals surface area contributed by atoms with Crippen LogP contribution in [0.4, 0.5) is 15.3 Å². The third-order valence-corrected chi connectivity index (χ3v) is 6.95. The number of amides is 4. The van der Waals surface area contributed by atoms with Gasteiger partial charge in [0.05, 0.1) is 6.61 Å². The van der Waals surface area contributed by atoms with Crippen molar-refractivity contribution in [3.8, 4) is 5.75 Å². The van der Waals surface area contributed by atoms with Crippen molar-refractivity contribution in [2.75, 3.05) is 38.2 Å². The number of carbonyl (C=O) groups excluding carboxylic acids is 2. The quantitative estimate of drug-likeness (QED) is 0.692. The van der Waals surface area contributed by atoms with Crippen LogP contribution in [0.1, 0.15) is 33.6 Å². The maximum absolute atomic E-state index is 12.9. The van der Waals surface area contributed by atoms with E-state index < -0.39 is 11.6 Å². The first-order valence-electron chi connectivity index (χ1n) is 11.1. The number of anilines is 1. The van der Waals surface area contributed by atoms with Crippen molar-refractivity contribution < 1.29 is 24.2 Å². The Balaban J connectivity index is 1.46. The molecular formula is C23H32N4O5. The Labute approximate surface area is 188 Å². The van der Waals surface area contributed by atoms with E-state index in [0.29, 0.717) is 50.5 Å². The molecule has 0 aromatic heterocycles.